The van der Waals surface area contributed by atoms with Gasteiger partial charge in [-0.25, -0.2) is 0 Å². The van der Waals surface area contributed by atoms with E-state index in [1.165, 1.54) is 51.9 Å². The number of piperidine rings is 1. The maximum atomic E-state index is 5.83. The number of likely N-dealkylation sites (tertiary alicyclic amines) is 2. The van der Waals surface area contributed by atoms with Gasteiger partial charge in [-0.1, -0.05) is 18.2 Å². The van der Waals surface area contributed by atoms with Gasteiger partial charge in [0.25, 0.3) is 0 Å². The molecule has 2 saturated heterocycles. The molecule has 0 aromatic heterocycles. The van der Waals surface area contributed by atoms with Gasteiger partial charge in [0.2, 0.25) is 0 Å². The molecular formula is C12H21ClN2. The Hall–Kier alpha value is -0.0500. The van der Waals surface area contributed by atoms with Gasteiger partial charge < -0.3 is 4.90 Å². The van der Waals surface area contributed by atoms with Crippen LogP contribution < -0.4 is 0 Å². The standard InChI is InChI=1S/C12H21ClN2/c1-11(13)10-14-8-4-12(5-9-14)15-6-2-3-7-15/h12H,1-10H2. The summed E-state index contributed by atoms with van der Waals surface area (Å²) < 4.78 is 0. The molecule has 0 atom stereocenters. The van der Waals surface area contributed by atoms with Gasteiger partial charge in [0, 0.05) is 30.7 Å². The number of nitrogens with zero attached hydrogens (tertiary/aromatic N) is 2. The fourth-order valence-corrected chi connectivity index (χ4v) is 2.96. The average molecular weight is 229 g/mol. The minimum atomic E-state index is 0.773. The quantitative estimate of drug-likeness (QED) is 0.732. The van der Waals surface area contributed by atoms with Crippen molar-refractivity contribution in [3.8, 4) is 0 Å². The molecule has 0 aliphatic carbocycles. The highest BCUT2D eigenvalue weighted by Crippen LogP contribution is 2.21. The summed E-state index contributed by atoms with van der Waals surface area (Å²) in [5.41, 5.74) is 0. The van der Waals surface area contributed by atoms with Crippen molar-refractivity contribution >= 4 is 11.6 Å². The molecule has 86 valence electrons. The van der Waals surface area contributed by atoms with E-state index in [0.29, 0.717) is 0 Å². The Kier molecular flexibility index (Phi) is 4.06. The Balaban J connectivity index is 1.73. The second-order valence-corrected chi connectivity index (χ2v) is 5.30. The van der Waals surface area contributed by atoms with Crippen LogP contribution in [0.25, 0.3) is 0 Å². The summed E-state index contributed by atoms with van der Waals surface area (Å²) in [5, 5.41) is 0.773. The van der Waals surface area contributed by atoms with E-state index in [4.69, 9.17) is 11.6 Å². The number of rotatable bonds is 3. The first-order valence-corrected chi connectivity index (χ1v) is 6.43. The van der Waals surface area contributed by atoms with Crippen LogP contribution in [0.5, 0.6) is 0 Å². The van der Waals surface area contributed by atoms with Crippen molar-refractivity contribution in [2.45, 2.75) is 31.7 Å². The van der Waals surface area contributed by atoms with Crippen molar-refractivity contribution in [2.24, 2.45) is 0 Å². The molecule has 2 rings (SSSR count). The fourth-order valence-electron chi connectivity index (χ4n) is 2.79. The van der Waals surface area contributed by atoms with Gasteiger partial charge in [-0.05, 0) is 38.8 Å². The molecule has 0 unspecified atom stereocenters. The first kappa shape index (κ1) is 11.4. The molecular weight excluding hydrogens is 208 g/mol. The maximum absolute atomic E-state index is 5.83. The van der Waals surface area contributed by atoms with E-state index in [2.05, 4.69) is 16.4 Å². The number of hydrogen-bond donors (Lipinski definition) is 0. The van der Waals surface area contributed by atoms with Crippen LogP contribution in [-0.2, 0) is 0 Å². The zero-order valence-corrected chi connectivity index (χ0v) is 10.2. The van der Waals surface area contributed by atoms with Crippen molar-refractivity contribution in [1.29, 1.82) is 0 Å². The molecule has 0 radical (unpaired) electrons. The van der Waals surface area contributed by atoms with Crippen LogP contribution in [-0.4, -0.2) is 48.6 Å². The number of hydrogen-bond acceptors (Lipinski definition) is 2. The monoisotopic (exact) mass is 228 g/mol. The highest BCUT2D eigenvalue weighted by molar-refractivity contribution is 6.29. The van der Waals surface area contributed by atoms with Crippen LogP contribution in [0.15, 0.2) is 11.6 Å². The molecule has 2 nitrogen and oxygen atoms in total. The van der Waals surface area contributed by atoms with Crippen LogP contribution in [0, 0.1) is 0 Å². The molecule has 0 bridgehead atoms. The van der Waals surface area contributed by atoms with Crippen molar-refractivity contribution in [1.82, 2.24) is 9.80 Å². The lowest BCUT2D eigenvalue weighted by Crippen LogP contribution is -2.44. The van der Waals surface area contributed by atoms with E-state index in [9.17, 15) is 0 Å². The van der Waals surface area contributed by atoms with Crippen molar-refractivity contribution in [2.75, 3.05) is 32.7 Å². The molecule has 0 spiro atoms. The second-order valence-electron chi connectivity index (χ2n) is 4.77. The third kappa shape index (κ3) is 3.20. The predicted octanol–water partition coefficient (Wildman–Crippen LogP) is 2.30. The van der Waals surface area contributed by atoms with Crippen LogP contribution in [0.4, 0.5) is 0 Å². The normalized spacial score (nSPS) is 25.9. The maximum Gasteiger partial charge on any atom is 0.0335 e. The molecule has 0 N–H and O–H groups in total. The summed E-state index contributed by atoms with van der Waals surface area (Å²) in [4.78, 5) is 5.09. The molecule has 0 amide bonds. The first-order valence-electron chi connectivity index (χ1n) is 6.05. The van der Waals surface area contributed by atoms with Crippen molar-refractivity contribution in [3.63, 3.8) is 0 Å². The average Bonchev–Trinajstić information content (AvgIpc) is 2.71. The van der Waals surface area contributed by atoms with Crippen LogP contribution >= 0.6 is 11.6 Å². The second kappa shape index (κ2) is 5.33. The van der Waals surface area contributed by atoms with Gasteiger partial charge in [0.05, 0.1) is 0 Å². The third-order valence-electron chi connectivity index (χ3n) is 3.61. The Bertz CT molecular complexity index is 216. The number of halogens is 1. The van der Waals surface area contributed by atoms with Gasteiger partial charge in [-0.15, -0.1) is 0 Å². The zero-order chi connectivity index (χ0) is 10.7. The molecule has 2 aliphatic rings. The van der Waals surface area contributed by atoms with Gasteiger partial charge in [0.15, 0.2) is 0 Å². The van der Waals surface area contributed by atoms with Crippen molar-refractivity contribution < 1.29 is 0 Å². The van der Waals surface area contributed by atoms with Gasteiger partial charge in [-0.3, -0.25) is 4.90 Å². The summed E-state index contributed by atoms with van der Waals surface area (Å²) in [6.45, 7) is 9.66. The highest BCUT2D eigenvalue weighted by atomic mass is 35.5. The van der Waals surface area contributed by atoms with E-state index in [-0.39, 0.29) is 0 Å². The lowest BCUT2D eigenvalue weighted by Gasteiger charge is -2.36. The van der Waals surface area contributed by atoms with Gasteiger partial charge in [0.1, 0.15) is 0 Å². The van der Waals surface area contributed by atoms with Gasteiger partial charge in [-0.2, -0.15) is 0 Å². The predicted molar refractivity (Wildman–Crippen MR) is 65.3 cm³/mol. The molecule has 2 aliphatic heterocycles. The highest BCUT2D eigenvalue weighted by Gasteiger charge is 2.26. The summed E-state index contributed by atoms with van der Waals surface area (Å²) in [6.07, 6.45) is 5.42. The smallest absolute Gasteiger partial charge is 0.0335 e. The molecule has 0 saturated carbocycles. The fraction of sp³-hybridized carbons (Fsp3) is 0.833. The summed E-state index contributed by atoms with van der Waals surface area (Å²) in [5.74, 6) is 0. The molecule has 0 aromatic carbocycles. The molecule has 3 heteroatoms. The Morgan fingerprint density at radius 3 is 2.27 bits per heavy atom. The lowest BCUT2D eigenvalue weighted by molar-refractivity contribution is 0.134. The molecule has 0 aromatic rings. The van der Waals surface area contributed by atoms with E-state index in [1.807, 2.05) is 0 Å². The van der Waals surface area contributed by atoms with Crippen LogP contribution in [0.2, 0.25) is 0 Å². The zero-order valence-electron chi connectivity index (χ0n) is 9.42. The van der Waals surface area contributed by atoms with E-state index >= 15 is 0 Å². The van der Waals surface area contributed by atoms with E-state index in [0.717, 1.165) is 17.6 Å². The molecule has 2 heterocycles. The summed E-state index contributed by atoms with van der Waals surface area (Å²) in [7, 11) is 0. The summed E-state index contributed by atoms with van der Waals surface area (Å²) in [6, 6.07) is 0.840. The Morgan fingerprint density at radius 2 is 1.73 bits per heavy atom. The van der Waals surface area contributed by atoms with E-state index < -0.39 is 0 Å². The van der Waals surface area contributed by atoms with Gasteiger partial charge >= 0.3 is 0 Å². The molecule has 15 heavy (non-hydrogen) atoms. The van der Waals surface area contributed by atoms with Crippen molar-refractivity contribution in [3.05, 3.63) is 11.6 Å². The minimum absolute atomic E-state index is 0.773. The Labute approximate surface area is 97.9 Å². The minimum Gasteiger partial charge on any atom is -0.300 e. The molecule has 2 fully saturated rings. The first-order chi connectivity index (χ1) is 7.25. The Morgan fingerprint density at radius 1 is 1.13 bits per heavy atom. The SMILES string of the molecule is C=C(Cl)CN1CCC(N2CCCC2)CC1. The topological polar surface area (TPSA) is 6.48 Å². The van der Waals surface area contributed by atoms with Crippen LogP contribution in [0.3, 0.4) is 0 Å². The van der Waals surface area contributed by atoms with E-state index in [1.54, 1.807) is 0 Å². The summed E-state index contributed by atoms with van der Waals surface area (Å²) >= 11 is 5.83. The van der Waals surface area contributed by atoms with Crippen LogP contribution in [0.1, 0.15) is 25.7 Å². The lowest BCUT2D eigenvalue weighted by atomic mass is 10.0. The largest absolute Gasteiger partial charge is 0.300 e. The third-order valence-corrected chi connectivity index (χ3v) is 3.73.